The van der Waals surface area contributed by atoms with Crippen LogP contribution in [0.1, 0.15) is 30.4 Å². The van der Waals surface area contributed by atoms with Crippen LogP contribution in [0.5, 0.6) is 0 Å². The lowest BCUT2D eigenvalue weighted by atomic mass is 10.1. The standard InChI is InChI=1S/C19H24N2O2S/c1-14(11-17-9-6-10-24-17)20-19(22)21-12-15(2)23-18(13-21)16-7-4-3-5-8-16/h3-10,14-15,18H,11-13H2,1-2H3,(H,20,22)/t14-,15-,18-/m1/s1. The number of benzene rings is 1. The number of amides is 2. The van der Waals surface area contributed by atoms with E-state index in [4.69, 9.17) is 4.74 Å². The summed E-state index contributed by atoms with van der Waals surface area (Å²) >= 11 is 1.73. The van der Waals surface area contributed by atoms with Gasteiger partial charge in [0.05, 0.1) is 12.6 Å². The van der Waals surface area contributed by atoms with E-state index in [9.17, 15) is 4.79 Å². The van der Waals surface area contributed by atoms with Crippen LogP contribution in [0, 0.1) is 0 Å². The lowest BCUT2D eigenvalue weighted by molar-refractivity contribution is -0.0658. The first-order valence-electron chi connectivity index (χ1n) is 8.40. The molecular formula is C19H24N2O2S. The Morgan fingerprint density at radius 3 is 2.79 bits per heavy atom. The average molecular weight is 344 g/mol. The number of hydrogen-bond donors (Lipinski definition) is 1. The number of hydrogen-bond acceptors (Lipinski definition) is 3. The Bertz CT molecular complexity index is 645. The van der Waals surface area contributed by atoms with E-state index in [0.29, 0.717) is 13.1 Å². The van der Waals surface area contributed by atoms with E-state index in [-0.39, 0.29) is 24.3 Å². The first-order valence-corrected chi connectivity index (χ1v) is 9.28. The number of thiophene rings is 1. The molecule has 1 aliphatic rings. The Morgan fingerprint density at radius 2 is 2.08 bits per heavy atom. The number of morpholine rings is 1. The molecule has 24 heavy (non-hydrogen) atoms. The zero-order valence-corrected chi connectivity index (χ0v) is 15.0. The largest absolute Gasteiger partial charge is 0.367 e. The van der Waals surface area contributed by atoms with Crippen molar-refractivity contribution in [1.29, 1.82) is 0 Å². The molecule has 2 amide bonds. The molecule has 0 unspecified atom stereocenters. The number of carbonyl (C=O) groups excluding carboxylic acids is 1. The van der Waals surface area contributed by atoms with Gasteiger partial charge in [0.2, 0.25) is 0 Å². The minimum absolute atomic E-state index is 0.00450. The van der Waals surface area contributed by atoms with Crippen LogP contribution in [0.4, 0.5) is 4.79 Å². The van der Waals surface area contributed by atoms with Crippen LogP contribution in [0.3, 0.4) is 0 Å². The molecule has 2 aromatic rings. The molecule has 0 radical (unpaired) electrons. The molecule has 1 fully saturated rings. The monoisotopic (exact) mass is 344 g/mol. The van der Waals surface area contributed by atoms with Gasteiger partial charge in [-0.15, -0.1) is 11.3 Å². The highest BCUT2D eigenvalue weighted by Gasteiger charge is 2.29. The zero-order valence-electron chi connectivity index (χ0n) is 14.1. The summed E-state index contributed by atoms with van der Waals surface area (Å²) in [7, 11) is 0. The molecule has 0 bridgehead atoms. The van der Waals surface area contributed by atoms with Crippen molar-refractivity contribution in [2.24, 2.45) is 0 Å². The van der Waals surface area contributed by atoms with Crippen molar-refractivity contribution in [1.82, 2.24) is 10.2 Å². The molecule has 0 saturated carbocycles. The number of carbonyl (C=O) groups is 1. The van der Waals surface area contributed by atoms with Gasteiger partial charge in [-0.05, 0) is 30.9 Å². The fraction of sp³-hybridized carbons (Fsp3) is 0.421. The summed E-state index contributed by atoms with van der Waals surface area (Å²) in [6, 6.07) is 14.4. The molecule has 3 atom stereocenters. The zero-order chi connectivity index (χ0) is 16.9. The van der Waals surface area contributed by atoms with E-state index < -0.39 is 0 Å². The maximum Gasteiger partial charge on any atom is 0.317 e. The van der Waals surface area contributed by atoms with Gasteiger partial charge in [-0.2, -0.15) is 0 Å². The summed E-state index contributed by atoms with van der Waals surface area (Å²) in [5.41, 5.74) is 1.12. The maximum absolute atomic E-state index is 12.6. The summed E-state index contributed by atoms with van der Waals surface area (Å²) in [5.74, 6) is 0. The molecule has 128 valence electrons. The minimum atomic E-state index is -0.0618. The Morgan fingerprint density at radius 1 is 1.29 bits per heavy atom. The van der Waals surface area contributed by atoms with Gasteiger partial charge in [0.15, 0.2) is 0 Å². The molecule has 0 aliphatic carbocycles. The van der Waals surface area contributed by atoms with Gasteiger partial charge in [0.25, 0.3) is 0 Å². The number of nitrogens with one attached hydrogen (secondary N) is 1. The van der Waals surface area contributed by atoms with Crippen LogP contribution >= 0.6 is 11.3 Å². The van der Waals surface area contributed by atoms with Crippen LogP contribution in [0.15, 0.2) is 47.8 Å². The number of nitrogens with zero attached hydrogens (tertiary/aromatic N) is 1. The molecule has 1 N–H and O–H groups in total. The summed E-state index contributed by atoms with van der Waals surface area (Å²) in [6.07, 6.45) is 0.835. The van der Waals surface area contributed by atoms with Gasteiger partial charge < -0.3 is 15.0 Å². The molecule has 1 aliphatic heterocycles. The Hall–Kier alpha value is -1.85. The third kappa shape index (κ3) is 4.36. The molecule has 2 heterocycles. The van der Waals surface area contributed by atoms with Crippen molar-refractivity contribution >= 4 is 17.4 Å². The normalized spacial score (nSPS) is 22.2. The fourth-order valence-corrected chi connectivity index (χ4v) is 3.89. The molecule has 3 rings (SSSR count). The topological polar surface area (TPSA) is 41.6 Å². The second kappa shape index (κ2) is 7.81. The van der Waals surface area contributed by atoms with E-state index >= 15 is 0 Å². The van der Waals surface area contributed by atoms with Crippen LogP contribution in [-0.4, -0.2) is 36.2 Å². The van der Waals surface area contributed by atoms with E-state index in [1.165, 1.54) is 4.88 Å². The Labute approximate surface area is 147 Å². The van der Waals surface area contributed by atoms with Gasteiger partial charge in [-0.25, -0.2) is 4.79 Å². The summed E-state index contributed by atoms with van der Waals surface area (Å²) in [5, 5.41) is 5.19. The lowest BCUT2D eigenvalue weighted by Gasteiger charge is -2.37. The third-order valence-corrected chi connectivity index (χ3v) is 5.07. The van der Waals surface area contributed by atoms with Crippen molar-refractivity contribution in [3.63, 3.8) is 0 Å². The van der Waals surface area contributed by atoms with E-state index in [2.05, 4.69) is 35.8 Å². The highest BCUT2D eigenvalue weighted by molar-refractivity contribution is 7.09. The van der Waals surface area contributed by atoms with E-state index in [1.54, 1.807) is 11.3 Å². The number of rotatable bonds is 4. The second-order valence-corrected chi connectivity index (χ2v) is 7.42. The van der Waals surface area contributed by atoms with Crippen molar-refractivity contribution in [2.45, 2.75) is 38.5 Å². The first-order chi connectivity index (χ1) is 11.6. The lowest BCUT2D eigenvalue weighted by Crippen LogP contribution is -2.51. The maximum atomic E-state index is 12.6. The quantitative estimate of drug-likeness (QED) is 0.915. The van der Waals surface area contributed by atoms with Gasteiger partial charge in [-0.1, -0.05) is 36.4 Å². The van der Waals surface area contributed by atoms with Gasteiger partial charge >= 0.3 is 6.03 Å². The third-order valence-electron chi connectivity index (χ3n) is 4.18. The van der Waals surface area contributed by atoms with Crippen LogP contribution in [0.25, 0.3) is 0 Å². The molecule has 1 aromatic heterocycles. The Balaban J connectivity index is 1.59. The molecular weight excluding hydrogens is 320 g/mol. The second-order valence-electron chi connectivity index (χ2n) is 6.39. The molecule has 4 nitrogen and oxygen atoms in total. The fourth-order valence-electron chi connectivity index (χ4n) is 3.05. The number of urea groups is 1. The Kier molecular flexibility index (Phi) is 5.53. The van der Waals surface area contributed by atoms with Gasteiger partial charge in [0.1, 0.15) is 6.10 Å². The molecule has 0 spiro atoms. The van der Waals surface area contributed by atoms with Crippen molar-refractivity contribution in [3.05, 3.63) is 58.3 Å². The molecule has 1 saturated heterocycles. The highest BCUT2D eigenvalue weighted by atomic mass is 32.1. The van der Waals surface area contributed by atoms with Crippen LogP contribution in [-0.2, 0) is 11.2 Å². The van der Waals surface area contributed by atoms with E-state index in [0.717, 1.165) is 12.0 Å². The SMILES string of the molecule is C[C@H](Cc1cccs1)NC(=O)N1C[C@@H](C)O[C@@H](c2ccccc2)C1. The van der Waals surface area contributed by atoms with Crippen molar-refractivity contribution in [2.75, 3.05) is 13.1 Å². The van der Waals surface area contributed by atoms with Crippen molar-refractivity contribution in [3.8, 4) is 0 Å². The van der Waals surface area contributed by atoms with E-state index in [1.807, 2.05) is 36.1 Å². The summed E-state index contributed by atoms with van der Waals surface area (Å²) in [4.78, 5) is 15.8. The molecule has 5 heteroatoms. The minimum Gasteiger partial charge on any atom is -0.367 e. The van der Waals surface area contributed by atoms with Crippen LogP contribution in [0.2, 0.25) is 0 Å². The van der Waals surface area contributed by atoms with Gasteiger partial charge in [-0.3, -0.25) is 0 Å². The average Bonchev–Trinajstić information content (AvgIpc) is 3.08. The smallest absolute Gasteiger partial charge is 0.317 e. The molecule has 1 aromatic carbocycles. The predicted molar refractivity (Wildman–Crippen MR) is 97.3 cm³/mol. The first kappa shape index (κ1) is 17.0. The summed E-state index contributed by atoms with van der Waals surface area (Å²) < 4.78 is 6.02. The van der Waals surface area contributed by atoms with Crippen LogP contribution < -0.4 is 5.32 Å². The highest BCUT2D eigenvalue weighted by Crippen LogP contribution is 2.25. The predicted octanol–water partition coefficient (Wildman–Crippen LogP) is 3.85. The number of ether oxygens (including phenoxy) is 1. The summed E-state index contributed by atoms with van der Waals surface area (Å²) in [6.45, 7) is 5.29. The van der Waals surface area contributed by atoms with Crippen molar-refractivity contribution < 1.29 is 9.53 Å². The van der Waals surface area contributed by atoms with Gasteiger partial charge in [0, 0.05) is 23.9 Å².